The van der Waals surface area contributed by atoms with Gasteiger partial charge in [0, 0.05) is 13.2 Å². The van der Waals surface area contributed by atoms with E-state index in [0.717, 1.165) is 12.8 Å². The second-order valence-corrected chi connectivity index (χ2v) is 11.2. The third-order valence-corrected chi connectivity index (χ3v) is 7.37. The first-order valence-electron chi connectivity index (χ1n) is 16.5. The second kappa shape index (κ2) is 25.1. The highest BCUT2D eigenvalue weighted by Crippen LogP contribution is 2.25. The van der Waals surface area contributed by atoms with E-state index in [9.17, 15) is 14.4 Å². The highest BCUT2D eigenvalue weighted by molar-refractivity contribution is 6.21. The number of carbonyl (C=O) groups excluding carboxylic acids is 3. The average molecular weight is 590 g/mol. The highest BCUT2D eigenvalue weighted by atomic mass is 16.6. The lowest BCUT2D eigenvalue weighted by atomic mass is 10.0. The molecule has 1 aliphatic rings. The van der Waals surface area contributed by atoms with E-state index in [1.165, 1.54) is 94.8 Å². The number of alkyl carbamates (subject to hydrolysis) is 1. The van der Waals surface area contributed by atoms with Crippen molar-refractivity contribution < 1.29 is 23.9 Å². The SMILES string of the molecule is CCCCCCCCCCCCCCCCCCOCC(COC(=O)NCC)N1C(=O)c2ccccc2C1=O.CNC. The maximum Gasteiger partial charge on any atom is 0.407 e. The fraction of sp³-hybridized carbons (Fsp3) is 0.735. The van der Waals surface area contributed by atoms with Crippen LogP contribution in [0.4, 0.5) is 4.79 Å². The van der Waals surface area contributed by atoms with Gasteiger partial charge in [0.1, 0.15) is 6.61 Å². The molecule has 3 amide bonds. The minimum absolute atomic E-state index is 0.101. The first-order valence-corrected chi connectivity index (χ1v) is 16.5. The Morgan fingerprint density at radius 2 is 1.14 bits per heavy atom. The fourth-order valence-electron chi connectivity index (χ4n) is 5.08. The molecule has 1 aliphatic heterocycles. The summed E-state index contributed by atoms with van der Waals surface area (Å²) in [5.41, 5.74) is 0.756. The van der Waals surface area contributed by atoms with Crippen molar-refractivity contribution in [3.8, 4) is 0 Å². The summed E-state index contributed by atoms with van der Waals surface area (Å²) < 4.78 is 11.1. The van der Waals surface area contributed by atoms with Crippen molar-refractivity contribution >= 4 is 17.9 Å². The van der Waals surface area contributed by atoms with Gasteiger partial charge in [0.15, 0.2) is 0 Å². The van der Waals surface area contributed by atoms with Gasteiger partial charge >= 0.3 is 6.09 Å². The largest absolute Gasteiger partial charge is 0.447 e. The lowest BCUT2D eigenvalue weighted by Gasteiger charge is -2.25. The third kappa shape index (κ3) is 15.7. The Kier molecular flexibility index (Phi) is 22.4. The molecule has 0 spiro atoms. The average Bonchev–Trinajstić information content (AvgIpc) is 3.24. The fourth-order valence-corrected chi connectivity index (χ4v) is 5.08. The molecule has 2 rings (SSSR count). The molecule has 1 unspecified atom stereocenters. The molecule has 0 aliphatic carbocycles. The normalized spacial score (nSPS) is 13.0. The molecule has 2 N–H and O–H groups in total. The smallest absolute Gasteiger partial charge is 0.407 e. The van der Waals surface area contributed by atoms with E-state index < -0.39 is 12.1 Å². The van der Waals surface area contributed by atoms with Gasteiger partial charge in [-0.2, -0.15) is 0 Å². The van der Waals surface area contributed by atoms with Crippen LogP contribution in [0, 0.1) is 0 Å². The molecule has 8 nitrogen and oxygen atoms in total. The summed E-state index contributed by atoms with van der Waals surface area (Å²) in [6.45, 7) is 5.10. The number of fused-ring (bicyclic) bond motifs is 1. The van der Waals surface area contributed by atoms with Crippen molar-refractivity contribution in [3.63, 3.8) is 0 Å². The van der Waals surface area contributed by atoms with Crippen molar-refractivity contribution in [2.45, 2.75) is 123 Å². The summed E-state index contributed by atoms with van der Waals surface area (Å²) in [4.78, 5) is 38.8. The minimum atomic E-state index is -0.666. The summed E-state index contributed by atoms with van der Waals surface area (Å²) in [5, 5.41) is 5.32. The standard InChI is InChI=1S/C32H52N2O5.C2H7N/c1-3-5-6-7-8-9-10-11-12-13-14-15-16-17-18-21-24-38-25-27(26-39-32(37)33-4-2)34-30(35)28-22-19-20-23-29(28)31(34)36;1-3-2/h19-20,22-23,27H,3-18,21,24-26H2,1-2H3,(H,33,37);3H,1-2H3. The topological polar surface area (TPSA) is 97.0 Å². The quantitative estimate of drug-likeness (QED) is 0.101. The van der Waals surface area contributed by atoms with Crippen LogP contribution in [0.2, 0.25) is 0 Å². The van der Waals surface area contributed by atoms with Gasteiger partial charge < -0.3 is 20.1 Å². The molecule has 0 aromatic heterocycles. The monoisotopic (exact) mass is 589 g/mol. The first-order chi connectivity index (χ1) is 20.5. The van der Waals surface area contributed by atoms with Crippen LogP contribution >= 0.6 is 0 Å². The van der Waals surface area contributed by atoms with Gasteiger partial charge in [-0.25, -0.2) is 4.79 Å². The number of carbonyl (C=O) groups is 3. The van der Waals surface area contributed by atoms with Crippen LogP contribution in [0.1, 0.15) is 137 Å². The molecule has 0 bridgehead atoms. The van der Waals surface area contributed by atoms with Crippen LogP contribution in [0.5, 0.6) is 0 Å². The number of nitrogens with one attached hydrogen (secondary N) is 2. The molecule has 240 valence electrons. The predicted molar refractivity (Wildman–Crippen MR) is 171 cm³/mol. The van der Waals surface area contributed by atoms with Crippen molar-refractivity contribution in [3.05, 3.63) is 35.4 Å². The Bertz CT molecular complexity index is 828. The molecule has 1 aromatic carbocycles. The van der Waals surface area contributed by atoms with E-state index in [0.29, 0.717) is 24.3 Å². The van der Waals surface area contributed by atoms with Gasteiger partial charge in [-0.3, -0.25) is 14.5 Å². The highest BCUT2D eigenvalue weighted by Gasteiger charge is 2.40. The van der Waals surface area contributed by atoms with Crippen molar-refractivity contribution in [2.24, 2.45) is 0 Å². The zero-order valence-corrected chi connectivity index (χ0v) is 27.0. The van der Waals surface area contributed by atoms with E-state index in [1.54, 1.807) is 31.2 Å². The molecule has 1 heterocycles. The van der Waals surface area contributed by atoms with E-state index in [4.69, 9.17) is 9.47 Å². The van der Waals surface area contributed by atoms with Gasteiger partial charge in [0.25, 0.3) is 11.8 Å². The summed E-state index contributed by atoms with van der Waals surface area (Å²) in [7, 11) is 3.75. The summed E-state index contributed by atoms with van der Waals surface area (Å²) in [5.74, 6) is -0.739. The number of benzene rings is 1. The van der Waals surface area contributed by atoms with Crippen molar-refractivity contribution in [1.82, 2.24) is 15.5 Å². The van der Waals surface area contributed by atoms with Crippen LogP contribution in [-0.4, -0.2) is 69.3 Å². The molecular formula is C34H59N3O5. The Morgan fingerprint density at radius 3 is 1.57 bits per heavy atom. The zero-order valence-electron chi connectivity index (χ0n) is 27.0. The zero-order chi connectivity index (χ0) is 30.8. The van der Waals surface area contributed by atoms with Crippen LogP contribution in [0.25, 0.3) is 0 Å². The van der Waals surface area contributed by atoms with E-state index in [2.05, 4.69) is 17.6 Å². The van der Waals surface area contributed by atoms with E-state index >= 15 is 0 Å². The second-order valence-electron chi connectivity index (χ2n) is 11.2. The third-order valence-electron chi connectivity index (χ3n) is 7.37. The molecule has 0 radical (unpaired) electrons. The summed E-state index contributed by atoms with van der Waals surface area (Å²) >= 11 is 0. The van der Waals surface area contributed by atoms with Crippen molar-refractivity contribution in [2.75, 3.05) is 40.5 Å². The van der Waals surface area contributed by atoms with Crippen LogP contribution in [-0.2, 0) is 9.47 Å². The number of unbranched alkanes of at least 4 members (excludes halogenated alkanes) is 15. The van der Waals surface area contributed by atoms with Crippen molar-refractivity contribution in [1.29, 1.82) is 0 Å². The van der Waals surface area contributed by atoms with Gasteiger partial charge in [-0.1, -0.05) is 115 Å². The number of amides is 3. The predicted octanol–water partition coefficient (Wildman–Crippen LogP) is 7.51. The molecule has 1 atom stereocenters. The number of hydrogen-bond acceptors (Lipinski definition) is 6. The van der Waals surface area contributed by atoms with Gasteiger partial charge in [0.2, 0.25) is 0 Å². The van der Waals surface area contributed by atoms with Gasteiger partial charge in [0.05, 0.1) is 23.8 Å². The Hall–Kier alpha value is -2.45. The first kappa shape index (κ1) is 37.6. The number of hydrogen-bond donors (Lipinski definition) is 2. The maximum atomic E-state index is 12.9. The van der Waals surface area contributed by atoms with Crippen LogP contribution in [0.3, 0.4) is 0 Å². The molecular weight excluding hydrogens is 530 g/mol. The minimum Gasteiger partial charge on any atom is -0.447 e. The summed E-state index contributed by atoms with van der Waals surface area (Å²) in [6.07, 6.45) is 20.4. The van der Waals surface area contributed by atoms with Gasteiger partial charge in [-0.05, 0) is 39.6 Å². The Morgan fingerprint density at radius 1 is 0.714 bits per heavy atom. The van der Waals surface area contributed by atoms with Crippen LogP contribution < -0.4 is 10.6 Å². The molecule has 0 saturated heterocycles. The van der Waals surface area contributed by atoms with E-state index in [-0.39, 0.29) is 25.0 Å². The lowest BCUT2D eigenvalue weighted by molar-refractivity contribution is 0.0216. The lowest BCUT2D eigenvalue weighted by Crippen LogP contribution is -2.46. The molecule has 0 fully saturated rings. The number of imide groups is 1. The van der Waals surface area contributed by atoms with Crippen LogP contribution in [0.15, 0.2) is 24.3 Å². The number of ether oxygens (including phenoxy) is 2. The Labute approximate surface area is 255 Å². The number of rotatable bonds is 23. The molecule has 1 aromatic rings. The summed E-state index contributed by atoms with van der Waals surface area (Å²) in [6, 6.07) is 6.10. The Balaban J connectivity index is 0.00000281. The molecule has 0 saturated carbocycles. The van der Waals surface area contributed by atoms with E-state index in [1.807, 2.05) is 14.1 Å². The molecule has 42 heavy (non-hydrogen) atoms. The molecule has 8 heteroatoms. The van der Waals surface area contributed by atoms with Gasteiger partial charge in [-0.15, -0.1) is 0 Å². The number of nitrogens with zero attached hydrogens (tertiary/aromatic N) is 1. The maximum absolute atomic E-state index is 12.9.